The van der Waals surface area contributed by atoms with Crippen LogP contribution < -0.4 is 25.4 Å². The third-order valence-corrected chi connectivity index (χ3v) is 9.54. The minimum Gasteiger partial charge on any atom is -0.493 e. The van der Waals surface area contributed by atoms with Crippen molar-refractivity contribution in [3.63, 3.8) is 0 Å². The highest BCUT2D eigenvalue weighted by molar-refractivity contribution is 6.04. The van der Waals surface area contributed by atoms with Crippen molar-refractivity contribution in [2.45, 2.75) is 52.1 Å². The Labute approximate surface area is 299 Å². The number of rotatable bonds is 13. The number of hydrogen-bond acceptors (Lipinski definition) is 6. The lowest BCUT2D eigenvalue weighted by atomic mass is 9.98. The highest BCUT2D eigenvalue weighted by Gasteiger charge is 2.21. The number of methoxy groups -OCH3 is 1. The molecule has 0 saturated carbocycles. The molecule has 1 atom stereocenters. The second-order valence-electron chi connectivity index (χ2n) is 13.1. The topological polar surface area (TPSA) is 117 Å². The molecule has 10 heteroatoms. The van der Waals surface area contributed by atoms with Gasteiger partial charge >= 0.3 is 6.03 Å². The molecule has 0 aliphatic carbocycles. The van der Waals surface area contributed by atoms with E-state index in [-0.39, 0.29) is 24.6 Å². The Bertz CT molecular complexity index is 1940. The molecule has 51 heavy (non-hydrogen) atoms. The molecule has 1 saturated heterocycles. The van der Waals surface area contributed by atoms with Crippen LogP contribution in [0.4, 0.5) is 16.2 Å². The summed E-state index contributed by atoms with van der Waals surface area (Å²) in [5.74, 6) is 1.61. The summed E-state index contributed by atoms with van der Waals surface area (Å²) in [6.45, 7) is 7.11. The monoisotopic (exact) mass is 689 g/mol. The summed E-state index contributed by atoms with van der Waals surface area (Å²) in [5.41, 5.74) is 5.08. The van der Waals surface area contributed by atoms with Gasteiger partial charge in [0.1, 0.15) is 5.75 Å². The predicted molar refractivity (Wildman–Crippen MR) is 202 cm³/mol. The van der Waals surface area contributed by atoms with Gasteiger partial charge in [0, 0.05) is 66.0 Å². The lowest BCUT2D eigenvalue weighted by molar-refractivity contribution is 0.102. The minimum absolute atomic E-state index is 0.135. The molecule has 4 aromatic carbocycles. The summed E-state index contributed by atoms with van der Waals surface area (Å²) in [6.07, 6.45) is 6.12. The number of benzene rings is 4. The number of piperidine rings is 1. The highest BCUT2D eigenvalue weighted by Crippen LogP contribution is 2.35. The zero-order valence-electron chi connectivity index (χ0n) is 29.5. The maximum atomic E-state index is 13.3. The van der Waals surface area contributed by atoms with E-state index < -0.39 is 0 Å². The van der Waals surface area contributed by atoms with Gasteiger partial charge in [0.2, 0.25) is 0 Å². The van der Waals surface area contributed by atoms with Crippen LogP contribution in [-0.4, -0.2) is 59.4 Å². The second kappa shape index (κ2) is 16.6. The molecule has 0 radical (unpaired) electrons. The van der Waals surface area contributed by atoms with Crippen LogP contribution in [-0.2, 0) is 6.54 Å². The fourth-order valence-corrected chi connectivity index (χ4v) is 6.66. The van der Waals surface area contributed by atoms with Crippen molar-refractivity contribution in [2.24, 2.45) is 5.92 Å². The molecule has 1 aliphatic heterocycles. The number of anilines is 2. The van der Waals surface area contributed by atoms with Gasteiger partial charge in [-0.25, -0.2) is 4.79 Å². The molecule has 0 spiro atoms. The summed E-state index contributed by atoms with van der Waals surface area (Å²) in [4.78, 5) is 28.0. The number of aliphatic hydroxyl groups excluding tert-OH is 1. The van der Waals surface area contributed by atoms with Crippen molar-refractivity contribution >= 4 is 34.2 Å². The Kier molecular flexibility index (Phi) is 11.6. The van der Waals surface area contributed by atoms with Crippen molar-refractivity contribution in [2.75, 3.05) is 37.4 Å². The van der Waals surface area contributed by atoms with Gasteiger partial charge < -0.3 is 35.1 Å². The molecule has 3 amide bonds. The summed E-state index contributed by atoms with van der Waals surface area (Å²) in [7, 11) is 1.55. The number of urea groups is 1. The first-order valence-electron chi connectivity index (χ1n) is 17.7. The second-order valence-corrected chi connectivity index (χ2v) is 13.1. The normalized spacial score (nSPS) is 14.7. The first-order valence-corrected chi connectivity index (χ1v) is 17.7. The number of fused-ring (bicyclic) bond motifs is 1. The lowest BCUT2D eigenvalue weighted by Gasteiger charge is -2.31. The highest BCUT2D eigenvalue weighted by atomic mass is 16.5. The van der Waals surface area contributed by atoms with Gasteiger partial charge in [-0.3, -0.25) is 9.69 Å². The number of carbonyl (C=O) groups excluding carboxylic acids is 2. The molecule has 2 heterocycles. The molecule has 266 valence electrons. The Balaban J connectivity index is 1.09. The molecule has 1 unspecified atom stereocenters. The Morgan fingerprint density at radius 3 is 2.37 bits per heavy atom. The molecular weight excluding hydrogens is 642 g/mol. The number of aliphatic hydroxyl groups is 1. The zero-order valence-corrected chi connectivity index (χ0v) is 29.5. The number of aromatic nitrogens is 1. The van der Waals surface area contributed by atoms with E-state index in [1.807, 2.05) is 44.2 Å². The van der Waals surface area contributed by atoms with Crippen LogP contribution in [0.1, 0.15) is 55.5 Å². The summed E-state index contributed by atoms with van der Waals surface area (Å²) >= 11 is 0. The number of ether oxygens (including phenoxy) is 2. The summed E-state index contributed by atoms with van der Waals surface area (Å²) in [5, 5.41) is 19.7. The van der Waals surface area contributed by atoms with Gasteiger partial charge in [0.15, 0.2) is 11.5 Å². The van der Waals surface area contributed by atoms with E-state index in [0.717, 1.165) is 56.5 Å². The predicted octanol–water partition coefficient (Wildman–Crippen LogP) is 8.20. The Morgan fingerprint density at radius 1 is 0.902 bits per heavy atom. The first-order chi connectivity index (χ1) is 24.9. The number of likely N-dealkylation sites (tertiary alicyclic amines) is 1. The molecule has 5 aromatic rings. The largest absolute Gasteiger partial charge is 0.493 e. The van der Waals surface area contributed by atoms with Gasteiger partial charge in [0.05, 0.1) is 12.6 Å². The molecule has 1 fully saturated rings. The molecule has 1 aromatic heterocycles. The van der Waals surface area contributed by atoms with E-state index in [4.69, 9.17) is 9.47 Å². The van der Waals surface area contributed by atoms with Gasteiger partial charge in [-0.2, -0.15) is 0 Å². The van der Waals surface area contributed by atoms with Crippen LogP contribution in [0.2, 0.25) is 0 Å². The van der Waals surface area contributed by atoms with Crippen molar-refractivity contribution in [1.82, 2.24) is 14.8 Å². The van der Waals surface area contributed by atoms with E-state index >= 15 is 0 Å². The molecule has 1 aliphatic rings. The average molecular weight is 690 g/mol. The lowest BCUT2D eigenvalue weighted by Crippen LogP contribution is -2.37. The number of nitrogens with one attached hydrogen (secondary N) is 3. The number of carbonyl (C=O) groups is 2. The third-order valence-electron chi connectivity index (χ3n) is 9.54. The Morgan fingerprint density at radius 2 is 1.65 bits per heavy atom. The SMILES string of the molecule is CCC(CC)NC(=O)Nc1ccc(Oc2ccc(NC(=O)c3ccc(-n4cc(CN5CCCC(CO)C5)c5ccccc54)cc3)cc2OC)cc1. The van der Waals surface area contributed by atoms with E-state index in [1.54, 1.807) is 49.6 Å². The van der Waals surface area contributed by atoms with Gasteiger partial charge in [0.25, 0.3) is 5.91 Å². The van der Waals surface area contributed by atoms with Crippen molar-refractivity contribution in [3.8, 4) is 22.9 Å². The van der Waals surface area contributed by atoms with E-state index in [0.29, 0.717) is 40.1 Å². The zero-order chi connectivity index (χ0) is 35.7. The maximum Gasteiger partial charge on any atom is 0.319 e. The van der Waals surface area contributed by atoms with E-state index in [2.05, 4.69) is 49.8 Å². The molecular formula is C41H47N5O5. The first kappa shape index (κ1) is 35.5. The van der Waals surface area contributed by atoms with Crippen LogP contribution in [0, 0.1) is 5.92 Å². The third kappa shape index (κ3) is 8.71. The molecule has 10 nitrogen and oxygen atoms in total. The van der Waals surface area contributed by atoms with Crippen molar-refractivity contribution in [3.05, 3.63) is 108 Å². The summed E-state index contributed by atoms with van der Waals surface area (Å²) in [6, 6.07) is 28.2. The van der Waals surface area contributed by atoms with Crippen LogP contribution in [0.15, 0.2) is 97.2 Å². The van der Waals surface area contributed by atoms with Crippen LogP contribution >= 0.6 is 0 Å². The van der Waals surface area contributed by atoms with Crippen molar-refractivity contribution < 1.29 is 24.2 Å². The number of para-hydroxylation sites is 1. The van der Waals surface area contributed by atoms with Gasteiger partial charge in [-0.15, -0.1) is 0 Å². The van der Waals surface area contributed by atoms with Crippen molar-refractivity contribution in [1.29, 1.82) is 0 Å². The summed E-state index contributed by atoms with van der Waals surface area (Å²) < 4.78 is 13.8. The molecule has 4 N–H and O–H groups in total. The van der Waals surface area contributed by atoms with Crippen LogP contribution in [0.25, 0.3) is 16.6 Å². The van der Waals surface area contributed by atoms with E-state index in [1.165, 1.54) is 10.9 Å². The smallest absolute Gasteiger partial charge is 0.319 e. The standard InChI is InChI=1S/C41H47N5O5/c1-4-31(5-2)43-41(49)44-32-14-19-35(20-15-32)51-38-21-16-33(23-39(38)50-3)42-40(48)29-12-17-34(18-13-29)46-26-30(36-10-6-7-11-37(36)46)25-45-22-8-9-28(24-45)27-47/h6-7,10-21,23,26,28,31,47H,4-5,8-9,22,24-25,27H2,1-3H3,(H,42,48)(H2,43,44,49). The number of hydrogen-bond donors (Lipinski definition) is 4. The maximum absolute atomic E-state index is 13.3. The number of amides is 3. The van der Waals surface area contributed by atoms with Gasteiger partial charge in [-0.05, 0) is 110 Å². The van der Waals surface area contributed by atoms with Gasteiger partial charge in [-0.1, -0.05) is 32.0 Å². The number of nitrogens with zero attached hydrogens (tertiary/aromatic N) is 2. The Hall–Kier alpha value is -5.32. The minimum atomic E-state index is -0.241. The average Bonchev–Trinajstić information content (AvgIpc) is 3.53. The van der Waals surface area contributed by atoms with Crippen LogP contribution in [0.5, 0.6) is 17.2 Å². The quantitative estimate of drug-likeness (QED) is 0.0991. The fraction of sp³-hybridized carbons (Fsp3) is 0.317. The molecule has 6 rings (SSSR count). The molecule has 0 bridgehead atoms. The fourth-order valence-electron chi connectivity index (χ4n) is 6.66. The van der Waals surface area contributed by atoms with Crippen LogP contribution in [0.3, 0.4) is 0 Å². The van der Waals surface area contributed by atoms with E-state index in [9.17, 15) is 14.7 Å².